The van der Waals surface area contributed by atoms with E-state index in [0.717, 1.165) is 0 Å². The van der Waals surface area contributed by atoms with Crippen molar-refractivity contribution >= 4 is 20.4 Å². The van der Waals surface area contributed by atoms with Crippen LogP contribution in [-0.4, -0.2) is 27.0 Å². The highest BCUT2D eigenvalue weighted by Crippen LogP contribution is 2.36. The van der Waals surface area contributed by atoms with E-state index in [9.17, 15) is 9.59 Å². The van der Waals surface area contributed by atoms with Gasteiger partial charge in [-0.2, -0.15) is 0 Å². The van der Waals surface area contributed by atoms with Crippen molar-refractivity contribution in [2.45, 2.75) is 45.3 Å². The fraction of sp³-hybridized carbons (Fsp3) is 0.667. The van der Waals surface area contributed by atoms with E-state index in [1.807, 2.05) is 6.08 Å². The van der Waals surface area contributed by atoms with Gasteiger partial charge in [-0.15, -0.1) is 0 Å². The van der Waals surface area contributed by atoms with Crippen LogP contribution >= 0.6 is 0 Å². The lowest BCUT2D eigenvalue weighted by atomic mass is 10.2. The highest BCUT2D eigenvalue weighted by molar-refractivity contribution is 6.74. The quantitative estimate of drug-likeness (QED) is 0.311. The lowest BCUT2D eigenvalue weighted by molar-refractivity contribution is -0.129. The molecule has 0 spiro atoms. The predicted molar refractivity (Wildman–Crippen MR) is 68.0 cm³/mol. The van der Waals surface area contributed by atoms with Crippen LogP contribution in [0.4, 0.5) is 0 Å². The van der Waals surface area contributed by atoms with Gasteiger partial charge in [0, 0.05) is 6.42 Å². The van der Waals surface area contributed by atoms with Crippen molar-refractivity contribution in [3.63, 3.8) is 0 Å². The molecule has 0 bridgehead atoms. The van der Waals surface area contributed by atoms with Crippen molar-refractivity contribution < 1.29 is 14.0 Å². The zero-order valence-electron chi connectivity index (χ0n) is 10.9. The second-order valence-electron chi connectivity index (χ2n) is 5.33. The van der Waals surface area contributed by atoms with E-state index < -0.39 is 14.1 Å². The molecule has 0 radical (unpaired) electrons. The molecule has 0 atom stereocenters. The van der Waals surface area contributed by atoms with E-state index in [-0.39, 0.29) is 11.5 Å². The molecule has 0 aliphatic heterocycles. The fourth-order valence-electron chi connectivity index (χ4n) is 0.789. The molecule has 0 heterocycles. The molecule has 0 amide bonds. The van der Waals surface area contributed by atoms with E-state index in [0.29, 0.717) is 12.9 Å². The average molecular weight is 242 g/mol. The van der Waals surface area contributed by atoms with Gasteiger partial charge >= 0.3 is 0 Å². The third-order valence-electron chi connectivity index (χ3n) is 2.96. The molecule has 0 aromatic carbocycles. The number of carbonyl (C=O) groups excluding carboxylic acids is 2. The Morgan fingerprint density at radius 3 is 2.25 bits per heavy atom. The molecule has 0 aliphatic rings. The molecule has 4 heteroatoms. The predicted octanol–water partition coefficient (Wildman–Crippen LogP) is 2.72. The highest BCUT2D eigenvalue weighted by atomic mass is 28.4. The van der Waals surface area contributed by atoms with Crippen LogP contribution in [0.15, 0.2) is 12.2 Å². The standard InChI is InChI=1S/C12H22O3Si/c1-12(2,3)16(4,5)15-9-7-6-8-11(14)10-13/h6-7,10H,8-9H2,1-5H3/b7-6+. The highest BCUT2D eigenvalue weighted by Gasteiger charge is 2.36. The molecular formula is C12H22O3Si. The number of ketones is 1. The van der Waals surface area contributed by atoms with Crippen molar-refractivity contribution in [2.75, 3.05) is 6.61 Å². The third-order valence-corrected chi connectivity index (χ3v) is 7.46. The Morgan fingerprint density at radius 1 is 1.25 bits per heavy atom. The summed E-state index contributed by atoms with van der Waals surface area (Å²) in [7, 11) is -1.70. The SMILES string of the molecule is CC(C)(C)[Si](C)(C)OC/C=C/CC(=O)C=O. The summed E-state index contributed by atoms with van der Waals surface area (Å²) in [4.78, 5) is 20.7. The smallest absolute Gasteiger partial charge is 0.198 e. The van der Waals surface area contributed by atoms with Crippen molar-refractivity contribution in [3.8, 4) is 0 Å². The number of hydrogen-bond donors (Lipinski definition) is 0. The van der Waals surface area contributed by atoms with Crippen molar-refractivity contribution in [1.29, 1.82) is 0 Å². The van der Waals surface area contributed by atoms with Gasteiger partial charge in [-0.3, -0.25) is 9.59 Å². The van der Waals surface area contributed by atoms with Gasteiger partial charge in [0.1, 0.15) is 0 Å². The second-order valence-corrected chi connectivity index (χ2v) is 10.1. The molecule has 0 fully saturated rings. The Bertz CT molecular complexity index is 274. The molecule has 0 saturated carbocycles. The first-order chi connectivity index (χ1) is 7.20. The Balaban J connectivity index is 3.99. The number of aldehydes is 1. The van der Waals surface area contributed by atoms with Gasteiger partial charge in [-0.25, -0.2) is 0 Å². The second kappa shape index (κ2) is 6.11. The van der Waals surface area contributed by atoms with Crippen molar-refractivity contribution in [2.24, 2.45) is 0 Å². The van der Waals surface area contributed by atoms with Gasteiger partial charge < -0.3 is 4.43 Å². The summed E-state index contributed by atoms with van der Waals surface area (Å²) in [6, 6.07) is 0. The molecule has 0 aromatic heterocycles. The largest absolute Gasteiger partial charge is 0.413 e. The maximum Gasteiger partial charge on any atom is 0.198 e. The Kier molecular flexibility index (Phi) is 5.82. The molecule has 0 aromatic rings. The van der Waals surface area contributed by atoms with Gasteiger partial charge in [0.15, 0.2) is 20.4 Å². The molecule has 0 unspecified atom stereocenters. The minimum atomic E-state index is -1.70. The van der Waals surface area contributed by atoms with Crippen molar-refractivity contribution in [3.05, 3.63) is 12.2 Å². The molecule has 0 aliphatic carbocycles. The number of Topliss-reactive ketones (excluding diaryl/α,β-unsaturated/α-hetero) is 1. The first-order valence-corrected chi connectivity index (χ1v) is 8.38. The average Bonchev–Trinajstić information content (AvgIpc) is 2.15. The molecule has 0 rings (SSSR count). The Labute approximate surface area is 99.0 Å². The van der Waals surface area contributed by atoms with E-state index in [4.69, 9.17) is 4.43 Å². The van der Waals surface area contributed by atoms with Gasteiger partial charge in [-0.05, 0) is 18.1 Å². The Hall–Kier alpha value is -0.743. The summed E-state index contributed by atoms with van der Waals surface area (Å²) >= 11 is 0. The first kappa shape index (κ1) is 15.3. The maximum absolute atomic E-state index is 10.7. The minimum Gasteiger partial charge on any atom is -0.413 e. The van der Waals surface area contributed by atoms with Crippen LogP contribution in [0.5, 0.6) is 0 Å². The van der Waals surface area contributed by atoms with E-state index in [1.165, 1.54) is 0 Å². The van der Waals surface area contributed by atoms with Crippen LogP contribution in [-0.2, 0) is 14.0 Å². The topological polar surface area (TPSA) is 43.4 Å². The molecule has 0 saturated heterocycles. The fourth-order valence-corrected chi connectivity index (χ4v) is 1.73. The summed E-state index contributed by atoms with van der Waals surface area (Å²) < 4.78 is 5.86. The number of carbonyl (C=O) groups is 2. The van der Waals surface area contributed by atoms with E-state index >= 15 is 0 Å². The first-order valence-electron chi connectivity index (χ1n) is 5.47. The van der Waals surface area contributed by atoms with Crippen LogP contribution in [0.1, 0.15) is 27.2 Å². The van der Waals surface area contributed by atoms with Crippen LogP contribution in [0.3, 0.4) is 0 Å². The van der Waals surface area contributed by atoms with Crippen molar-refractivity contribution in [1.82, 2.24) is 0 Å². The zero-order valence-corrected chi connectivity index (χ0v) is 11.9. The minimum absolute atomic E-state index is 0.171. The zero-order chi connectivity index (χ0) is 12.8. The molecule has 16 heavy (non-hydrogen) atoms. The molecular weight excluding hydrogens is 220 g/mol. The van der Waals surface area contributed by atoms with E-state index in [2.05, 4.69) is 33.9 Å². The third kappa shape index (κ3) is 5.37. The molecule has 92 valence electrons. The van der Waals surface area contributed by atoms with Gasteiger partial charge in [-0.1, -0.05) is 32.9 Å². The van der Waals surface area contributed by atoms with E-state index in [1.54, 1.807) is 6.08 Å². The number of hydrogen-bond acceptors (Lipinski definition) is 3. The summed E-state index contributed by atoms with van der Waals surface area (Å²) in [5, 5.41) is 0.194. The lowest BCUT2D eigenvalue weighted by Crippen LogP contribution is -2.40. The van der Waals surface area contributed by atoms with Gasteiger partial charge in [0.05, 0.1) is 6.61 Å². The molecule has 0 N–H and O–H groups in total. The maximum atomic E-state index is 10.7. The lowest BCUT2D eigenvalue weighted by Gasteiger charge is -2.35. The van der Waals surface area contributed by atoms with Crippen LogP contribution in [0.25, 0.3) is 0 Å². The summed E-state index contributed by atoms with van der Waals surface area (Å²) in [6.45, 7) is 11.4. The summed E-state index contributed by atoms with van der Waals surface area (Å²) in [6.07, 6.45) is 4.01. The van der Waals surface area contributed by atoms with Crippen LogP contribution in [0.2, 0.25) is 18.1 Å². The van der Waals surface area contributed by atoms with Crippen LogP contribution in [0, 0.1) is 0 Å². The van der Waals surface area contributed by atoms with Gasteiger partial charge in [0.25, 0.3) is 0 Å². The van der Waals surface area contributed by atoms with Crippen LogP contribution < -0.4 is 0 Å². The normalized spacial score (nSPS) is 13.1. The summed E-state index contributed by atoms with van der Waals surface area (Å²) in [5.41, 5.74) is 0. The van der Waals surface area contributed by atoms with Gasteiger partial charge in [0.2, 0.25) is 0 Å². The molecule has 3 nitrogen and oxygen atoms in total. The number of allylic oxidation sites excluding steroid dienone is 1. The Morgan fingerprint density at radius 2 is 1.81 bits per heavy atom. The number of rotatable bonds is 6. The summed E-state index contributed by atoms with van der Waals surface area (Å²) in [5.74, 6) is -0.399. The monoisotopic (exact) mass is 242 g/mol.